The molecule has 3 aromatic rings. The Kier molecular flexibility index (Phi) is 3.76. The summed E-state index contributed by atoms with van der Waals surface area (Å²) in [5.41, 5.74) is 3.22. The smallest absolute Gasteiger partial charge is 0.249 e. The Hall–Kier alpha value is -3.22. The Bertz CT molecular complexity index is 900. The summed E-state index contributed by atoms with van der Waals surface area (Å²) in [4.78, 5) is 26.4. The Labute approximate surface area is 132 Å². The molecule has 2 amide bonds. The van der Waals surface area contributed by atoms with E-state index in [2.05, 4.69) is 20.7 Å². The number of amides is 2. The molecule has 1 aromatic carbocycles. The monoisotopic (exact) mass is 309 g/mol. The van der Waals surface area contributed by atoms with Gasteiger partial charge in [-0.05, 0) is 29.8 Å². The molecule has 2 aromatic heterocycles. The molecule has 2 N–H and O–H groups in total. The average molecular weight is 309 g/mol. The SMILES string of the molecule is CC(=O)Nc1cccc(-c2ccc3nc(NC(C)=O)nn3c2)c1. The second-order valence-electron chi connectivity index (χ2n) is 5.10. The summed E-state index contributed by atoms with van der Waals surface area (Å²) in [6, 6.07) is 11.3. The predicted octanol–water partition coefficient (Wildman–Crippen LogP) is 2.31. The van der Waals surface area contributed by atoms with Crippen molar-refractivity contribution in [3.05, 3.63) is 42.6 Å². The van der Waals surface area contributed by atoms with Crippen molar-refractivity contribution in [2.45, 2.75) is 13.8 Å². The summed E-state index contributed by atoms with van der Waals surface area (Å²) in [7, 11) is 0. The zero-order valence-electron chi connectivity index (χ0n) is 12.7. The number of hydrogen-bond donors (Lipinski definition) is 2. The maximum absolute atomic E-state index is 11.2. The molecule has 0 aliphatic rings. The third-order valence-corrected chi connectivity index (χ3v) is 3.14. The van der Waals surface area contributed by atoms with Crippen molar-refractivity contribution in [3.8, 4) is 11.1 Å². The lowest BCUT2D eigenvalue weighted by Gasteiger charge is -2.06. The number of hydrogen-bond acceptors (Lipinski definition) is 4. The molecule has 23 heavy (non-hydrogen) atoms. The van der Waals surface area contributed by atoms with Gasteiger partial charge in [0.1, 0.15) is 0 Å². The Morgan fingerprint density at radius 2 is 1.78 bits per heavy atom. The van der Waals surface area contributed by atoms with Crippen LogP contribution >= 0.6 is 0 Å². The molecule has 116 valence electrons. The summed E-state index contributed by atoms with van der Waals surface area (Å²) in [6.45, 7) is 2.88. The van der Waals surface area contributed by atoms with Gasteiger partial charge in [-0.2, -0.15) is 4.98 Å². The fourth-order valence-electron chi connectivity index (χ4n) is 2.24. The minimum Gasteiger partial charge on any atom is -0.326 e. The molecule has 3 rings (SSSR count). The Morgan fingerprint density at radius 1 is 1.00 bits per heavy atom. The number of anilines is 2. The van der Waals surface area contributed by atoms with Crippen LogP contribution in [-0.4, -0.2) is 26.4 Å². The topological polar surface area (TPSA) is 88.4 Å². The number of benzene rings is 1. The van der Waals surface area contributed by atoms with Gasteiger partial charge in [0, 0.05) is 31.3 Å². The van der Waals surface area contributed by atoms with Crippen molar-refractivity contribution in [2.75, 3.05) is 10.6 Å². The highest BCUT2D eigenvalue weighted by molar-refractivity contribution is 5.89. The third kappa shape index (κ3) is 3.34. The number of nitrogens with one attached hydrogen (secondary N) is 2. The lowest BCUT2D eigenvalue weighted by atomic mass is 10.1. The zero-order chi connectivity index (χ0) is 16.4. The van der Waals surface area contributed by atoms with E-state index < -0.39 is 0 Å². The van der Waals surface area contributed by atoms with Gasteiger partial charge in [-0.25, -0.2) is 4.52 Å². The molecule has 0 bridgehead atoms. The largest absolute Gasteiger partial charge is 0.326 e. The molecule has 2 heterocycles. The van der Waals surface area contributed by atoms with E-state index in [0.29, 0.717) is 5.65 Å². The summed E-state index contributed by atoms with van der Waals surface area (Å²) in [5, 5.41) is 9.53. The molecule has 0 aliphatic heterocycles. The van der Waals surface area contributed by atoms with E-state index in [4.69, 9.17) is 0 Å². The molecule has 0 radical (unpaired) electrons. The fourth-order valence-corrected chi connectivity index (χ4v) is 2.24. The first-order valence-corrected chi connectivity index (χ1v) is 7.03. The van der Waals surface area contributed by atoms with Gasteiger partial charge < -0.3 is 5.32 Å². The highest BCUT2D eigenvalue weighted by atomic mass is 16.2. The van der Waals surface area contributed by atoms with E-state index in [0.717, 1.165) is 16.8 Å². The minimum absolute atomic E-state index is 0.117. The number of rotatable bonds is 3. The standard InChI is InChI=1S/C16H15N5O2/c1-10(22)17-14-5-3-4-12(8-14)13-6-7-15-19-16(18-11(2)23)20-21(15)9-13/h3-9H,1-2H3,(H,17,22)(H,18,20,23). The normalized spacial score (nSPS) is 10.5. The second-order valence-corrected chi connectivity index (χ2v) is 5.10. The number of pyridine rings is 1. The Morgan fingerprint density at radius 3 is 2.52 bits per heavy atom. The molecule has 0 saturated heterocycles. The summed E-state index contributed by atoms with van der Waals surface area (Å²) in [6.07, 6.45) is 1.82. The number of aromatic nitrogens is 3. The van der Waals surface area contributed by atoms with Gasteiger partial charge in [-0.15, -0.1) is 5.10 Å². The van der Waals surface area contributed by atoms with Crippen LogP contribution in [-0.2, 0) is 9.59 Å². The first-order valence-electron chi connectivity index (χ1n) is 7.03. The summed E-state index contributed by atoms with van der Waals surface area (Å²) >= 11 is 0. The van der Waals surface area contributed by atoms with Gasteiger partial charge in [-0.3, -0.25) is 14.9 Å². The molecule has 7 nitrogen and oxygen atoms in total. The van der Waals surface area contributed by atoms with Crippen LogP contribution in [0.2, 0.25) is 0 Å². The van der Waals surface area contributed by atoms with Crippen molar-refractivity contribution >= 4 is 29.1 Å². The number of nitrogens with zero attached hydrogens (tertiary/aromatic N) is 3. The van der Waals surface area contributed by atoms with Crippen LogP contribution in [0.25, 0.3) is 16.8 Å². The molecule has 0 spiro atoms. The maximum atomic E-state index is 11.2. The van der Waals surface area contributed by atoms with Crippen molar-refractivity contribution in [1.29, 1.82) is 0 Å². The highest BCUT2D eigenvalue weighted by Gasteiger charge is 2.07. The molecule has 7 heteroatoms. The van der Waals surface area contributed by atoms with Gasteiger partial charge in [0.15, 0.2) is 5.65 Å². The van der Waals surface area contributed by atoms with Gasteiger partial charge >= 0.3 is 0 Å². The lowest BCUT2D eigenvalue weighted by Crippen LogP contribution is -2.07. The van der Waals surface area contributed by atoms with Crippen molar-refractivity contribution in [1.82, 2.24) is 14.6 Å². The predicted molar refractivity (Wildman–Crippen MR) is 87.0 cm³/mol. The third-order valence-electron chi connectivity index (χ3n) is 3.14. The van der Waals surface area contributed by atoms with Gasteiger partial charge in [0.2, 0.25) is 17.8 Å². The molecule has 0 atom stereocenters. The van der Waals surface area contributed by atoms with E-state index in [1.54, 1.807) is 4.52 Å². The zero-order valence-corrected chi connectivity index (χ0v) is 12.7. The van der Waals surface area contributed by atoms with Crippen molar-refractivity contribution < 1.29 is 9.59 Å². The molecular formula is C16H15N5O2. The fraction of sp³-hybridized carbons (Fsp3) is 0.125. The number of carbonyl (C=O) groups excluding carboxylic acids is 2. The molecule has 0 aliphatic carbocycles. The van der Waals surface area contributed by atoms with Crippen LogP contribution in [0.4, 0.5) is 11.6 Å². The first-order chi connectivity index (χ1) is 11.0. The van der Waals surface area contributed by atoms with E-state index in [1.807, 2.05) is 42.6 Å². The number of fused-ring (bicyclic) bond motifs is 1. The molecular weight excluding hydrogens is 294 g/mol. The highest BCUT2D eigenvalue weighted by Crippen LogP contribution is 2.23. The number of carbonyl (C=O) groups is 2. The van der Waals surface area contributed by atoms with Crippen LogP contribution < -0.4 is 10.6 Å². The summed E-state index contributed by atoms with van der Waals surface area (Å²) < 4.78 is 1.60. The Balaban J connectivity index is 1.96. The van der Waals surface area contributed by atoms with Gasteiger partial charge in [-0.1, -0.05) is 12.1 Å². The van der Waals surface area contributed by atoms with Crippen LogP contribution in [0, 0.1) is 0 Å². The second kappa shape index (κ2) is 5.88. The molecule has 0 unspecified atom stereocenters. The van der Waals surface area contributed by atoms with E-state index in [1.165, 1.54) is 13.8 Å². The quantitative estimate of drug-likeness (QED) is 0.777. The van der Waals surface area contributed by atoms with Crippen LogP contribution in [0.1, 0.15) is 13.8 Å². The van der Waals surface area contributed by atoms with Crippen molar-refractivity contribution in [3.63, 3.8) is 0 Å². The first kappa shape index (κ1) is 14.7. The van der Waals surface area contributed by atoms with Gasteiger partial charge in [0.25, 0.3) is 0 Å². The van der Waals surface area contributed by atoms with E-state index >= 15 is 0 Å². The van der Waals surface area contributed by atoms with E-state index in [-0.39, 0.29) is 17.8 Å². The van der Waals surface area contributed by atoms with Crippen molar-refractivity contribution in [2.24, 2.45) is 0 Å². The minimum atomic E-state index is -0.218. The summed E-state index contributed by atoms with van der Waals surface area (Å²) in [5.74, 6) is -0.0698. The lowest BCUT2D eigenvalue weighted by molar-refractivity contribution is -0.115. The van der Waals surface area contributed by atoms with Crippen LogP contribution in [0.5, 0.6) is 0 Å². The van der Waals surface area contributed by atoms with Crippen LogP contribution in [0.3, 0.4) is 0 Å². The van der Waals surface area contributed by atoms with Gasteiger partial charge in [0.05, 0.1) is 0 Å². The maximum Gasteiger partial charge on any atom is 0.249 e. The molecule has 0 saturated carbocycles. The van der Waals surface area contributed by atoms with E-state index in [9.17, 15) is 9.59 Å². The average Bonchev–Trinajstić information content (AvgIpc) is 2.87. The van der Waals surface area contributed by atoms with Crippen LogP contribution in [0.15, 0.2) is 42.6 Å². The molecule has 0 fully saturated rings.